The van der Waals surface area contributed by atoms with E-state index in [-0.39, 0.29) is 5.91 Å². The monoisotopic (exact) mass is 279 g/mol. The Kier molecular flexibility index (Phi) is 5.37. The predicted octanol–water partition coefficient (Wildman–Crippen LogP) is 1.02. The first-order chi connectivity index (χ1) is 9.40. The van der Waals surface area contributed by atoms with Crippen LogP contribution in [0.1, 0.15) is 23.7 Å². The van der Waals surface area contributed by atoms with Crippen molar-refractivity contribution in [3.05, 3.63) is 23.8 Å². The molecular formula is C14H21N3O3. The Morgan fingerprint density at radius 2 is 2.05 bits per heavy atom. The van der Waals surface area contributed by atoms with E-state index in [9.17, 15) is 9.59 Å². The molecule has 20 heavy (non-hydrogen) atoms. The number of carbonyl (C=O) groups is 2. The second-order valence-corrected chi connectivity index (χ2v) is 4.63. The van der Waals surface area contributed by atoms with E-state index >= 15 is 0 Å². The van der Waals surface area contributed by atoms with Crippen molar-refractivity contribution in [1.82, 2.24) is 5.32 Å². The summed E-state index contributed by atoms with van der Waals surface area (Å²) in [6.07, 6.45) is 0.462. The number of hydrogen-bond acceptors (Lipinski definition) is 5. The van der Waals surface area contributed by atoms with E-state index in [1.54, 1.807) is 25.1 Å². The van der Waals surface area contributed by atoms with Crippen molar-refractivity contribution >= 4 is 23.3 Å². The van der Waals surface area contributed by atoms with Crippen LogP contribution in [0, 0.1) is 0 Å². The number of esters is 1. The number of amides is 1. The summed E-state index contributed by atoms with van der Waals surface area (Å²) in [5.74, 6) is -0.807. The molecule has 3 N–H and O–H groups in total. The van der Waals surface area contributed by atoms with Crippen LogP contribution < -0.4 is 16.0 Å². The van der Waals surface area contributed by atoms with Crippen LogP contribution in [0.5, 0.6) is 0 Å². The van der Waals surface area contributed by atoms with Gasteiger partial charge in [0.15, 0.2) is 0 Å². The third kappa shape index (κ3) is 3.63. The molecule has 1 aromatic rings. The Bertz CT molecular complexity index is 500. The Labute approximate surface area is 118 Å². The molecule has 0 aliphatic rings. The summed E-state index contributed by atoms with van der Waals surface area (Å²) >= 11 is 0. The number of nitrogens with one attached hydrogen (secondary N) is 1. The number of ether oxygens (including phenoxy) is 1. The van der Waals surface area contributed by atoms with Gasteiger partial charge in [0.25, 0.3) is 5.91 Å². The van der Waals surface area contributed by atoms with E-state index in [4.69, 9.17) is 5.73 Å². The summed E-state index contributed by atoms with van der Waals surface area (Å²) in [6.45, 7) is 1.80. The van der Waals surface area contributed by atoms with Crippen LogP contribution in [-0.2, 0) is 9.53 Å². The van der Waals surface area contributed by atoms with Crippen LogP contribution >= 0.6 is 0 Å². The number of nitrogen functional groups attached to an aromatic ring is 1. The number of benzene rings is 1. The van der Waals surface area contributed by atoms with Gasteiger partial charge in [-0.25, -0.2) is 4.79 Å². The minimum Gasteiger partial charge on any atom is -0.467 e. The number of anilines is 2. The SMILES string of the molecule is CCC(NC(=O)c1ccc(N(C)C)c(N)c1)C(=O)OC. The highest BCUT2D eigenvalue weighted by atomic mass is 16.5. The molecule has 1 rings (SSSR count). The quantitative estimate of drug-likeness (QED) is 0.621. The molecule has 1 amide bonds. The summed E-state index contributed by atoms with van der Waals surface area (Å²) in [5, 5.41) is 2.63. The van der Waals surface area contributed by atoms with E-state index in [0.717, 1.165) is 5.69 Å². The number of methoxy groups -OCH3 is 1. The lowest BCUT2D eigenvalue weighted by Gasteiger charge is -2.17. The molecule has 110 valence electrons. The van der Waals surface area contributed by atoms with E-state index in [0.29, 0.717) is 17.7 Å². The molecule has 0 aliphatic heterocycles. The van der Waals surface area contributed by atoms with Crippen LogP contribution in [0.15, 0.2) is 18.2 Å². The average molecular weight is 279 g/mol. The topological polar surface area (TPSA) is 84.7 Å². The first kappa shape index (κ1) is 15.8. The molecule has 1 aromatic carbocycles. The minimum absolute atomic E-state index is 0.348. The predicted molar refractivity (Wildman–Crippen MR) is 78.7 cm³/mol. The van der Waals surface area contributed by atoms with Crippen molar-refractivity contribution < 1.29 is 14.3 Å². The zero-order chi connectivity index (χ0) is 15.3. The lowest BCUT2D eigenvalue weighted by Crippen LogP contribution is -2.41. The maximum atomic E-state index is 12.1. The summed E-state index contributed by atoms with van der Waals surface area (Å²) in [7, 11) is 5.03. The lowest BCUT2D eigenvalue weighted by molar-refractivity contribution is -0.142. The second-order valence-electron chi connectivity index (χ2n) is 4.63. The molecule has 1 atom stereocenters. The van der Waals surface area contributed by atoms with E-state index in [1.165, 1.54) is 7.11 Å². The third-order valence-electron chi connectivity index (χ3n) is 2.97. The lowest BCUT2D eigenvalue weighted by atomic mass is 10.1. The van der Waals surface area contributed by atoms with Crippen molar-refractivity contribution in [2.75, 3.05) is 31.8 Å². The molecule has 6 heteroatoms. The van der Waals surface area contributed by atoms with Crippen LogP contribution in [0.2, 0.25) is 0 Å². The molecule has 0 heterocycles. The molecule has 6 nitrogen and oxygen atoms in total. The molecule has 0 fully saturated rings. The molecule has 0 spiro atoms. The Hall–Kier alpha value is -2.24. The number of nitrogens with two attached hydrogens (primary N) is 1. The van der Waals surface area contributed by atoms with Gasteiger partial charge >= 0.3 is 5.97 Å². The van der Waals surface area contributed by atoms with Crippen LogP contribution in [-0.4, -0.2) is 39.1 Å². The van der Waals surface area contributed by atoms with Gasteiger partial charge in [-0.1, -0.05) is 6.92 Å². The normalized spacial score (nSPS) is 11.6. The zero-order valence-corrected chi connectivity index (χ0v) is 12.3. The van der Waals surface area contributed by atoms with Crippen LogP contribution in [0.25, 0.3) is 0 Å². The van der Waals surface area contributed by atoms with Gasteiger partial charge < -0.3 is 20.7 Å². The average Bonchev–Trinajstić information content (AvgIpc) is 2.42. The van der Waals surface area contributed by atoms with Gasteiger partial charge in [-0.2, -0.15) is 0 Å². The number of carbonyl (C=O) groups excluding carboxylic acids is 2. The first-order valence-electron chi connectivity index (χ1n) is 6.36. The van der Waals surface area contributed by atoms with Gasteiger partial charge in [0.05, 0.1) is 18.5 Å². The first-order valence-corrected chi connectivity index (χ1v) is 6.36. The van der Waals surface area contributed by atoms with Crippen LogP contribution in [0.3, 0.4) is 0 Å². The molecule has 0 radical (unpaired) electrons. The third-order valence-corrected chi connectivity index (χ3v) is 2.97. The smallest absolute Gasteiger partial charge is 0.328 e. The highest BCUT2D eigenvalue weighted by Crippen LogP contribution is 2.22. The highest BCUT2D eigenvalue weighted by molar-refractivity contribution is 5.98. The van der Waals surface area contributed by atoms with Gasteiger partial charge in [0.1, 0.15) is 6.04 Å². The van der Waals surface area contributed by atoms with E-state index < -0.39 is 12.0 Å². The zero-order valence-electron chi connectivity index (χ0n) is 12.3. The molecule has 0 aromatic heterocycles. The molecular weight excluding hydrogens is 258 g/mol. The minimum atomic E-state index is -0.651. The summed E-state index contributed by atoms with van der Waals surface area (Å²) in [4.78, 5) is 25.4. The summed E-state index contributed by atoms with van der Waals surface area (Å²) < 4.78 is 4.63. The van der Waals surface area contributed by atoms with Crippen molar-refractivity contribution in [2.45, 2.75) is 19.4 Å². The standard InChI is InChI=1S/C14H21N3O3/c1-5-11(14(19)20-4)16-13(18)9-6-7-12(17(2)3)10(15)8-9/h6-8,11H,5,15H2,1-4H3,(H,16,18). The summed E-state index contributed by atoms with van der Waals surface area (Å²) in [6, 6.07) is 4.38. The van der Waals surface area contributed by atoms with Crippen molar-refractivity contribution in [3.8, 4) is 0 Å². The maximum Gasteiger partial charge on any atom is 0.328 e. The van der Waals surface area contributed by atoms with Gasteiger partial charge in [-0.15, -0.1) is 0 Å². The number of hydrogen-bond donors (Lipinski definition) is 2. The van der Waals surface area contributed by atoms with Crippen molar-refractivity contribution in [2.24, 2.45) is 0 Å². The fourth-order valence-electron chi connectivity index (χ4n) is 1.81. The fraction of sp³-hybridized carbons (Fsp3) is 0.429. The van der Waals surface area contributed by atoms with Crippen molar-refractivity contribution in [3.63, 3.8) is 0 Å². The number of nitrogens with zero attached hydrogens (tertiary/aromatic N) is 1. The van der Waals surface area contributed by atoms with Gasteiger partial charge in [-0.3, -0.25) is 4.79 Å². The van der Waals surface area contributed by atoms with Crippen molar-refractivity contribution in [1.29, 1.82) is 0 Å². The fourth-order valence-corrected chi connectivity index (χ4v) is 1.81. The van der Waals surface area contributed by atoms with Gasteiger partial charge in [0.2, 0.25) is 0 Å². The largest absolute Gasteiger partial charge is 0.467 e. The summed E-state index contributed by atoms with van der Waals surface area (Å²) in [5.41, 5.74) is 7.65. The molecule has 0 saturated carbocycles. The Morgan fingerprint density at radius 3 is 2.50 bits per heavy atom. The molecule has 0 aliphatic carbocycles. The maximum absolute atomic E-state index is 12.1. The second kappa shape index (κ2) is 6.79. The van der Waals surface area contributed by atoms with E-state index in [2.05, 4.69) is 10.1 Å². The van der Waals surface area contributed by atoms with Gasteiger partial charge in [0, 0.05) is 19.7 Å². The molecule has 1 unspecified atom stereocenters. The Balaban J connectivity index is 2.87. The highest BCUT2D eigenvalue weighted by Gasteiger charge is 2.20. The Morgan fingerprint density at radius 1 is 1.40 bits per heavy atom. The molecule has 0 saturated heterocycles. The molecule has 0 bridgehead atoms. The van der Waals surface area contributed by atoms with Gasteiger partial charge in [-0.05, 0) is 24.6 Å². The van der Waals surface area contributed by atoms with E-state index in [1.807, 2.05) is 19.0 Å². The van der Waals surface area contributed by atoms with Crippen LogP contribution in [0.4, 0.5) is 11.4 Å². The number of rotatable bonds is 5.